The van der Waals surface area contributed by atoms with E-state index in [0.29, 0.717) is 11.6 Å². The van der Waals surface area contributed by atoms with Gasteiger partial charge in [-0.3, -0.25) is 14.9 Å². The van der Waals surface area contributed by atoms with E-state index in [2.05, 4.69) is 0 Å². The first-order valence-corrected chi connectivity index (χ1v) is 8.78. The molecular weight excluding hydrogens is 391 g/mol. The van der Waals surface area contributed by atoms with E-state index in [0.717, 1.165) is 12.1 Å². The number of phenolic OH excluding ortho intramolecular Hbond substituents is 1. The van der Waals surface area contributed by atoms with Crippen LogP contribution in [-0.2, 0) is 6.18 Å². The predicted octanol–water partition coefficient (Wildman–Crippen LogP) is 3.59. The quantitative estimate of drug-likeness (QED) is 0.619. The molecule has 3 rings (SSSR count). The summed E-state index contributed by atoms with van der Waals surface area (Å²) < 4.78 is 38.6. The zero-order chi connectivity index (χ0) is 21.3. The number of nitrogens with zero attached hydrogens (tertiary/aromatic N) is 3. The molecule has 1 saturated heterocycles. The second-order valence-electron chi connectivity index (χ2n) is 6.71. The van der Waals surface area contributed by atoms with Gasteiger partial charge < -0.3 is 14.9 Å². The van der Waals surface area contributed by atoms with Gasteiger partial charge in [0.2, 0.25) is 0 Å². The van der Waals surface area contributed by atoms with E-state index in [1.165, 1.54) is 11.0 Å². The third kappa shape index (κ3) is 4.10. The summed E-state index contributed by atoms with van der Waals surface area (Å²) in [6.07, 6.45) is -4.68. The summed E-state index contributed by atoms with van der Waals surface area (Å²) in [7, 11) is 0. The smallest absolute Gasteiger partial charge is 0.416 e. The van der Waals surface area contributed by atoms with E-state index in [4.69, 9.17) is 0 Å². The minimum Gasteiger partial charge on any atom is -0.507 e. The molecule has 29 heavy (non-hydrogen) atoms. The molecule has 1 amide bonds. The molecule has 1 heterocycles. The third-order valence-corrected chi connectivity index (χ3v) is 4.88. The van der Waals surface area contributed by atoms with Gasteiger partial charge in [-0.25, -0.2) is 0 Å². The highest BCUT2D eigenvalue weighted by molar-refractivity contribution is 5.97. The van der Waals surface area contributed by atoms with Gasteiger partial charge >= 0.3 is 6.18 Å². The Labute approximate surface area is 164 Å². The Morgan fingerprint density at radius 1 is 1.14 bits per heavy atom. The zero-order valence-electron chi connectivity index (χ0n) is 15.4. The van der Waals surface area contributed by atoms with Crippen molar-refractivity contribution >= 4 is 17.3 Å². The lowest BCUT2D eigenvalue weighted by molar-refractivity contribution is -0.384. The van der Waals surface area contributed by atoms with Crippen molar-refractivity contribution in [3.05, 3.63) is 63.2 Å². The van der Waals surface area contributed by atoms with Crippen LogP contribution in [0.2, 0.25) is 0 Å². The van der Waals surface area contributed by atoms with Gasteiger partial charge in [0.05, 0.1) is 16.1 Å². The maximum absolute atomic E-state index is 12.9. The minimum absolute atomic E-state index is 0.0773. The largest absolute Gasteiger partial charge is 0.507 e. The van der Waals surface area contributed by atoms with Crippen LogP contribution in [0.1, 0.15) is 21.5 Å². The Morgan fingerprint density at radius 2 is 1.79 bits per heavy atom. The van der Waals surface area contributed by atoms with Gasteiger partial charge in [0, 0.05) is 32.2 Å². The number of carbonyl (C=O) groups is 1. The molecule has 10 heteroatoms. The van der Waals surface area contributed by atoms with Crippen LogP contribution in [0.3, 0.4) is 0 Å². The van der Waals surface area contributed by atoms with Gasteiger partial charge in [-0.1, -0.05) is 12.1 Å². The van der Waals surface area contributed by atoms with Crippen molar-refractivity contribution < 1.29 is 28.0 Å². The number of carbonyl (C=O) groups excluding carboxylic acids is 1. The summed E-state index contributed by atoms with van der Waals surface area (Å²) in [6.45, 7) is 2.53. The Bertz CT molecular complexity index is 954. The van der Waals surface area contributed by atoms with E-state index in [1.807, 2.05) is 0 Å². The van der Waals surface area contributed by atoms with Crippen LogP contribution in [0, 0.1) is 17.0 Å². The number of alkyl halides is 3. The van der Waals surface area contributed by atoms with Crippen molar-refractivity contribution in [1.82, 2.24) is 4.90 Å². The Hall–Kier alpha value is -3.30. The highest BCUT2D eigenvalue weighted by Crippen LogP contribution is 2.37. The number of benzene rings is 2. The molecule has 0 spiro atoms. The molecule has 1 aliphatic rings. The van der Waals surface area contributed by atoms with Crippen LogP contribution >= 0.6 is 0 Å². The molecule has 0 aromatic heterocycles. The molecule has 1 aliphatic heterocycles. The van der Waals surface area contributed by atoms with E-state index in [9.17, 15) is 33.2 Å². The normalized spacial score (nSPS) is 14.8. The van der Waals surface area contributed by atoms with Crippen molar-refractivity contribution in [2.24, 2.45) is 0 Å². The number of hydrogen-bond donors (Lipinski definition) is 1. The number of nitro benzene ring substituents is 1. The second-order valence-corrected chi connectivity index (χ2v) is 6.71. The molecule has 0 atom stereocenters. The fraction of sp³-hybridized carbons (Fsp3) is 0.316. The maximum atomic E-state index is 12.9. The molecule has 0 bridgehead atoms. The number of aryl methyl sites for hydroxylation is 1. The first-order chi connectivity index (χ1) is 13.6. The molecule has 2 aromatic carbocycles. The molecule has 1 fully saturated rings. The van der Waals surface area contributed by atoms with Crippen LogP contribution in [-0.4, -0.2) is 47.0 Å². The second kappa shape index (κ2) is 7.61. The number of phenols is 1. The Balaban J connectivity index is 1.78. The number of hydrogen-bond acceptors (Lipinski definition) is 5. The van der Waals surface area contributed by atoms with Crippen LogP contribution < -0.4 is 4.90 Å². The molecule has 2 aromatic rings. The average molecular weight is 409 g/mol. The summed E-state index contributed by atoms with van der Waals surface area (Å²) in [5.41, 5.74) is -0.907. The Morgan fingerprint density at radius 3 is 2.38 bits per heavy atom. The van der Waals surface area contributed by atoms with Crippen molar-refractivity contribution in [2.45, 2.75) is 13.1 Å². The van der Waals surface area contributed by atoms with Crippen LogP contribution in [0.25, 0.3) is 0 Å². The van der Waals surface area contributed by atoms with Gasteiger partial charge in [-0.05, 0) is 30.7 Å². The summed E-state index contributed by atoms with van der Waals surface area (Å²) in [4.78, 5) is 26.2. The number of rotatable bonds is 3. The number of aromatic hydroxyl groups is 1. The molecule has 0 aliphatic carbocycles. The molecule has 0 radical (unpaired) electrons. The van der Waals surface area contributed by atoms with E-state index in [-0.39, 0.29) is 49.1 Å². The number of piperazine rings is 1. The third-order valence-electron chi connectivity index (χ3n) is 4.88. The average Bonchev–Trinajstić information content (AvgIpc) is 2.68. The van der Waals surface area contributed by atoms with Crippen molar-refractivity contribution in [2.75, 3.05) is 31.1 Å². The fourth-order valence-corrected chi connectivity index (χ4v) is 3.27. The van der Waals surface area contributed by atoms with E-state index in [1.54, 1.807) is 24.0 Å². The van der Waals surface area contributed by atoms with Crippen molar-refractivity contribution in [3.8, 4) is 5.75 Å². The van der Waals surface area contributed by atoms with Crippen LogP contribution in [0.5, 0.6) is 5.75 Å². The SMILES string of the molecule is Cc1cccc(C(=O)N2CCN(c3ccc(C(F)(F)F)cc3[N+](=O)[O-])CC2)c1O. The number of anilines is 1. The highest BCUT2D eigenvalue weighted by atomic mass is 19.4. The van der Waals surface area contributed by atoms with Crippen molar-refractivity contribution in [3.63, 3.8) is 0 Å². The standard InChI is InChI=1S/C19H18F3N3O4/c1-12-3-2-4-14(17(12)26)18(27)24-9-7-23(8-10-24)15-6-5-13(19(20,21)22)11-16(15)25(28)29/h2-6,11,26H,7-10H2,1H3. The fourth-order valence-electron chi connectivity index (χ4n) is 3.27. The molecule has 0 saturated carbocycles. The Kier molecular flexibility index (Phi) is 5.36. The van der Waals surface area contributed by atoms with Crippen LogP contribution in [0.15, 0.2) is 36.4 Å². The monoisotopic (exact) mass is 409 g/mol. The zero-order valence-corrected chi connectivity index (χ0v) is 15.4. The lowest BCUT2D eigenvalue weighted by atomic mass is 10.1. The van der Waals surface area contributed by atoms with Gasteiger partial charge in [-0.15, -0.1) is 0 Å². The number of halogens is 3. The topological polar surface area (TPSA) is 86.9 Å². The predicted molar refractivity (Wildman–Crippen MR) is 99.1 cm³/mol. The number of nitro groups is 1. The molecule has 154 valence electrons. The van der Waals surface area contributed by atoms with Gasteiger partial charge in [-0.2, -0.15) is 13.2 Å². The molecule has 1 N–H and O–H groups in total. The molecule has 7 nitrogen and oxygen atoms in total. The van der Waals surface area contributed by atoms with Gasteiger partial charge in [0.25, 0.3) is 11.6 Å². The molecular formula is C19H18F3N3O4. The summed E-state index contributed by atoms with van der Waals surface area (Å²) >= 11 is 0. The first kappa shape index (κ1) is 20.4. The maximum Gasteiger partial charge on any atom is 0.416 e. The summed E-state index contributed by atoms with van der Waals surface area (Å²) in [6, 6.07) is 7.27. The first-order valence-electron chi connectivity index (χ1n) is 8.78. The highest BCUT2D eigenvalue weighted by Gasteiger charge is 2.34. The lowest BCUT2D eigenvalue weighted by Gasteiger charge is -2.36. The summed E-state index contributed by atoms with van der Waals surface area (Å²) in [5.74, 6) is -0.467. The van der Waals surface area contributed by atoms with E-state index >= 15 is 0 Å². The minimum atomic E-state index is -4.68. The lowest BCUT2D eigenvalue weighted by Crippen LogP contribution is -2.49. The molecule has 0 unspecified atom stereocenters. The number of amides is 1. The van der Waals surface area contributed by atoms with E-state index < -0.39 is 22.4 Å². The summed E-state index contributed by atoms with van der Waals surface area (Å²) in [5, 5.41) is 21.4. The number of para-hydroxylation sites is 1. The van der Waals surface area contributed by atoms with Crippen LogP contribution in [0.4, 0.5) is 24.5 Å². The van der Waals surface area contributed by atoms with Gasteiger partial charge in [0.15, 0.2) is 0 Å². The van der Waals surface area contributed by atoms with Crippen molar-refractivity contribution in [1.29, 1.82) is 0 Å². The van der Waals surface area contributed by atoms with Gasteiger partial charge in [0.1, 0.15) is 11.4 Å².